The molecule has 0 aliphatic rings. The maximum atomic E-state index is 14.2. The fourth-order valence-electron chi connectivity index (χ4n) is 4.38. The lowest BCUT2D eigenvalue weighted by atomic mass is 10.2. The molecule has 0 amide bonds. The largest absolute Gasteiger partial charge is 0.355 e. The molecule has 6 rings (SSSR count). The summed E-state index contributed by atoms with van der Waals surface area (Å²) in [7, 11) is 3.39. The van der Waals surface area contributed by atoms with Crippen molar-refractivity contribution in [3.8, 4) is 0 Å². The number of halogens is 4. The predicted molar refractivity (Wildman–Crippen MR) is 151 cm³/mol. The highest BCUT2D eigenvalue weighted by Gasteiger charge is 2.19. The number of rotatable bonds is 8. The van der Waals surface area contributed by atoms with E-state index in [4.69, 9.17) is 23.2 Å². The van der Waals surface area contributed by atoms with Crippen LogP contribution in [-0.4, -0.2) is 53.4 Å². The minimum Gasteiger partial charge on any atom is -0.324 e. The molecule has 18 heteroatoms. The van der Waals surface area contributed by atoms with E-state index < -0.39 is 28.0 Å². The molecule has 0 unspecified atom stereocenters. The molecule has 0 atom stereocenters. The van der Waals surface area contributed by atoms with Gasteiger partial charge < -0.3 is 5.32 Å². The third-order valence-electron chi connectivity index (χ3n) is 6.32. The summed E-state index contributed by atoms with van der Waals surface area (Å²) >= 11 is 12.4. The van der Waals surface area contributed by atoms with E-state index in [1.54, 1.807) is 48.1 Å². The molecule has 4 heterocycles. The van der Waals surface area contributed by atoms with Crippen molar-refractivity contribution in [2.75, 3.05) is 5.32 Å². The topological polar surface area (TPSA) is 148 Å². The maximum absolute atomic E-state index is 14.2. The molecule has 14 nitrogen and oxygen atoms in total. The molecule has 0 radical (unpaired) electrons. The van der Waals surface area contributed by atoms with E-state index in [-0.39, 0.29) is 35.4 Å². The Kier molecular flexibility index (Phi) is 7.23. The zero-order valence-electron chi connectivity index (χ0n) is 22.4. The van der Waals surface area contributed by atoms with E-state index in [1.165, 1.54) is 17.1 Å². The van der Waals surface area contributed by atoms with Crippen LogP contribution >= 0.6 is 23.2 Å². The second-order valence-electron chi connectivity index (χ2n) is 9.56. The minimum atomic E-state index is -1.22. The summed E-state index contributed by atoms with van der Waals surface area (Å²) in [5.74, 6) is -1.87. The van der Waals surface area contributed by atoms with Gasteiger partial charge in [-0.15, -0.1) is 0 Å². The molecule has 0 spiro atoms. The van der Waals surface area contributed by atoms with Crippen LogP contribution in [0.4, 0.5) is 20.4 Å². The average molecular weight is 629 g/mol. The Bertz CT molecular complexity index is 2110. The van der Waals surface area contributed by atoms with Crippen LogP contribution in [-0.2, 0) is 33.7 Å². The zero-order chi connectivity index (χ0) is 30.4. The van der Waals surface area contributed by atoms with E-state index in [9.17, 15) is 18.4 Å². The fourth-order valence-corrected chi connectivity index (χ4v) is 4.81. The SMILES string of the molecule is Cn1cnc(Cn2cc3cc(Nc4nc(=O)n(Cc5ncn(C)n5)c(=O)n4Cc4cc(F)c(F)c(Cl)c4)c(Cl)cc3n2)n1. The molecule has 0 bridgehead atoms. The lowest BCUT2D eigenvalue weighted by Gasteiger charge is -2.16. The number of nitrogens with zero attached hydrogens (tertiary/aromatic N) is 11. The van der Waals surface area contributed by atoms with Gasteiger partial charge in [-0.1, -0.05) is 23.2 Å². The number of anilines is 2. The number of aromatic nitrogens is 11. The molecular weight excluding hydrogens is 609 g/mol. The van der Waals surface area contributed by atoms with Gasteiger partial charge in [-0.25, -0.2) is 32.9 Å². The lowest BCUT2D eigenvalue weighted by molar-refractivity contribution is 0.505. The molecule has 6 aromatic rings. The van der Waals surface area contributed by atoms with Crippen molar-refractivity contribution in [3.05, 3.63) is 103 Å². The minimum absolute atomic E-state index is 0.142. The van der Waals surface area contributed by atoms with Gasteiger partial charge >= 0.3 is 11.4 Å². The number of hydrogen-bond acceptors (Lipinski definition) is 9. The molecule has 0 aliphatic carbocycles. The Morgan fingerprint density at radius 1 is 0.837 bits per heavy atom. The van der Waals surface area contributed by atoms with Gasteiger partial charge in [0.05, 0.1) is 34.3 Å². The Balaban J connectivity index is 1.40. The van der Waals surface area contributed by atoms with Gasteiger partial charge in [0.1, 0.15) is 19.2 Å². The first-order valence-corrected chi connectivity index (χ1v) is 13.3. The molecule has 220 valence electrons. The van der Waals surface area contributed by atoms with E-state index in [0.717, 1.165) is 15.2 Å². The van der Waals surface area contributed by atoms with E-state index in [1.807, 2.05) is 0 Å². The first-order chi connectivity index (χ1) is 20.5. The highest BCUT2D eigenvalue weighted by atomic mass is 35.5. The molecule has 2 aromatic carbocycles. The van der Waals surface area contributed by atoms with Crippen LogP contribution in [0.25, 0.3) is 10.9 Å². The summed E-state index contributed by atoms with van der Waals surface area (Å²) in [4.78, 5) is 39.0. The number of aryl methyl sites for hydroxylation is 2. The second-order valence-corrected chi connectivity index (χ2v) is 10.4. The number of benzene rings is 2. The van der Waals surface area contributed by atoms with Crippen LogP contribution in [0.3, 0.4) is 0 Å². The Morgan fingerprint density at radius 3 is 2.19 bits per heavy atom. The van der Waals surface area contributed by atoms with Crippen LogP contribution in [0.15, 0.2) is 52.7 Å². The van der Waals surface area contributed by atoms with Gasteiger partial charge in [0.15, 0.2) is 23.3 Å². The van der Waals surface area contributed by atoms with Crippen LogP contribution < -0.4 is 16.7 Å². The van der Waals surface area contributed by atoms with Crippen LogP contribution in [0.5, 0.6) is 0 Å². The molecule has 0 fully saturated rings. The van der Waals surface area contributed by atoms with Gasteiger partial charge in [0.2, 0.25) is 5.95 Å². The van der Waals surface area contributed by atoms with Crippen LogP contribution in [0.2, 0.25) is 10.0 Å². The van der Waals surface area contributed by atoms with Crippen molar-refractivity contribution in [3.63, 3.8) is 0 Å². The Morgan fingerprint density at radius 2 is 1.53 bits per heavy atom. The third-order valence-corrected chi connectivity index (χ3v) is 6.91. The first-order valence-electron chi connectivity index (χ1n) is 12.5. The number of nitrogens with one attached hydrogen (secondary N) is 1. The van der Waals surface area contributed by atoms with E-state index in [2.05, 4.69) is 35.6 Å². The predicted octanol–water partition coefficient (Wildman–Crippen LogP) is 2.49. The van der Waals surface area contributed by atoms with Crippen LogP contribution in [0, 0.1) is 11.6 Å². The van der Waals surface area contributed by atoms with Gasteiger partial charge in [-0.2, -0.15) is 20.3 Å². The van der Waals surface area contributed by atoms with Crippen molar-refractivity contribution in [1.29, 1.82) is 0 Å². The van der Waals surface area contributed by atoms with Gasteiger partial charge in [0, 0.05) is 25.7 Å². The number of hydrogen-bond donors (Lipinski definition) is 1. The van der Waals surface area contributed by atoms with Crippen molar-refractivity contribution in [2.45, 2.75) is 19.6 Å². The van der Waals surface area contributed by atoms with Gasteiger partial charge in [-0.05, 0) is 29.8 Å². The Labute approximate surface area is 249 Å². The van der Waals surface area contributed by atoms with Crippen molar-refractivity contribution in [2.24, 2.45) is 14.1 Å². The smallest absolute Gasteiger partial charge is 0.324 e. The zero-order valence-corrected chi connectivity index (χ0v) is 23.9. The summed E-state index contributed by atoms with van der Waals surface area (Å²) in [5.41, 5.74) is -0.692. The van der Waals surface area contributed by atoms with Crippen molar-refractivity contribution < 1.29 is 8.78 Å². The van der Waals surface area contributed by atoms with Gasteiger partial charge in [-0.3, -0.25) is 18.6 Å². The van der Waals surface area contributed by atoms with E-state index in [0.29, 0.717) is 29.0 Å². The first kappa shape index (κ1) is 28.2. The molecule has 4 aromatic heterocycles. The normalized spacial score (nSPS) is 11.5. The maximum Gasteiger partial charge on any atom is 0.355 e. The van der Waals surface area contributed by atoms with Crippen molar-refractivity contribution in [1.82, 2.24) is 53.4 Å². The molecule has 0 saturated carbocycles. The fraction of sp³-hybridized carbons (Fsp3) is 0.200. The lowest BCUT2D eigenvalue weighted by Crippen LogP contribution is -2.43. The second kappa shape index (κ2) is 11.0. The van der Waals surface area contributed by atoms with E-state index >= 15 is 0 Å². The standard InChI is InChI=1S/C25H20Cl2F2N12O2/c1-37-11-30-20(35-37)9-39-8-14-5-19(15(26)6-18(14)34-39)32-23-33-24(42)41(10-21-31-12-38(2)36-21)25(43)40(23)7-13-3-16(27)22(29)17(28)4-13/h3-6,8,11-12H,7,9-10H2,1-2H3,(H,32,33,42). The summed E-state index contributed by atoms with van der Waals surface area (Å²) in [6, 6.07) is 5.35. The molecule has 1 N–H and O–H groups in total. The molecule has 43 heavy (non-hydrogen) atoms. The molecule has 0 aliphatic heterocycles. The summed E-state index contributed by atoms with van der Waals surface area (Å²) in [5, 5.41) is 16.2. The van der Waals surface area contributed by atoms with Crippen LogP contribution in [0.1, 0.15) is 17.2 Å². The average Bonchev–Trinajstić information content (AvgIpc) is 3.66. The summed E-state index contributed by atoms with van der Waals surface area (Å²) in [6.45, 7) is -0.283. The third kappa shape index (κ3) is 5.74. The highest BCUT2D eigenvalue weighted by Crippen LogP contribution is 2.30. The number of fused-ring (bicyclic) bond motifs is 1. The Hall–Kier alpha value is -4.96. The highest BCUT2D eigenvalue weighted by molar-refractivity contribution is 6.34. The monoisotopic (exact) mass is 628 g/mol. The molecule has 0 saturated heterocycles. The molecular formula is C25H20Cl2F2N12O2. The van der Waals surface area contributed by atoms with Gasteiger partial charge in [0.25, 0.3) is 0 Å². The quantitative estimate of drug-likeness (QED) is 0.251. The summed E-state index contributed by atoms with van der Waals surface area (Å²) < 4.78 is 34.6. The van der Waals surface area contributed by atoms with Crippen molar-refractivity contribution >= 4 is 45.7 Å². The summed E-state index contributed by atoms with van der Waals surface area (Å²) in [6.07, 6.45) is 4.76.